The second kappa shape index (κ2) is 7.25. The van der Waals surface area contributed by atoms with Gasteiger partial charge in [0.05, 0.1) is 25.9 Å². The van der Waals surface area contributed by atoms with Gasteiger partial charge in [0, 0.05) is 18.7 Å². The maximum Gasteiger partial charge on any atom is 0.124 e. The number of ether oxygens (including phenoxy) is 2. The van der Waals surface area contributed by atoms with Crippen LogP contribution in [0.2, 0.25) is 0 Å². The van der Waals surface area contributed by atoms with Crippen LogP contribution in [-0.4, -0.2) is 51.4 Å². The summed E-state index contributed by atoms with van der Waals surface area (Å²) in [6, 6.07) is 4.49. The molecule has 2 rings (SSSR count). The van der Waals surface area contributed by atoms with E-state index in [-0.39, 0.29) is 12.1 Å². The Kier molecular flexibility index (Phi) is 5.62. The van der Waals surface area contributed by atoms with Crippen molar-refractivity contribution in [2.24, 2.45) is 0 Å². The molecule has 0 amide bonds. The van der Waals surface area contributed by atoms with Crippen molar-refractivity contribution in [2.45, 2.75) is 32.9 Å². The number of nitrogens with one attached hydrogen (secondary N) is 1. The monoisotopic (exact) mass is 292 g/mol. The van der Waals surface area contributed by atoms with Crippen LogP contribution in [0, 0.1) is 13.8 Å². The van der Waals surface area contributed by atoms with Gasteiger partial charge in [0.1, 0.15) is 5.75 Å². The summed E-state index contributed by atoms with van der Waals surface area (Å²) in [5.41, 5.74) is 3.71. The Hall–Kier alpha value is -1.10. The summed E-state index contributed by atoms with van der Waals surface area (Å²) in [5, 5.41) is 3.59. The van der Waals surface area contributed by atoms with Gasteiger partial charge >= 0.3 is 0 Å². The molecular formula is C17H28N2O2. The van der Waals surface area contributed by atoms with Gasteiger partial charge in [-0.05, 0) is 44.6 Å². The van der Waals surface area contributed by atoms with Crippen LogP contribution in [0.5, 0.6) is 5.75 Å². The summed E-state index contributed by atoms with van der Waals surface area (Å²) in [4.78, 5) is 2.33. The standard InChI is InChI=1S/C17H28N2O2/c1-6-18-17(15-11-19(4)7-8-21-15)16-13(3)9-12(2)10-14(16)20-5/h9-10,15,17-18H,6-8,11H2,1-5H3. The van der Waals surface area contributed by atoms with Gasteiger partial charge in [0.25, 0.3) is 0 Å². The van der Waals surface area contributed by atoms with E-state index >= 15 is 0 Å². The zero-order valence-electron chi connectivity index (χ0n) is 13.9. The first-order valence-electron chi connectivity index (χ1n) is 7.75. The third kappa shape index (κ3) is 3.76. The molecule has 0 saturated carbocycles. The maximum absolute atomic E-state index is 6.04. The molecule has 4 nitrogen and oxygen atoms in total. The quantitative estimate of drug-likeness (QED) is 0.903. The number of morpholine rings is 1. The normalized spacial score (nSPS) is 21.3. The van der Waals surface area contributed by atoms with E-state index in [9.17, 15) is 0 Å². The van der Waals surface area contributed by atoms with Crippen LogP contribution in [0.15, 0.2) is 12.1 Å². The fraction of sp³-hybridized carbons (Fsp3) is 0.647. The molecule has 21 heavy (non-hydrogen) atoms. The van der Waals surface area contributed by atoms with E-state index in [4.69, 9.17) is 9.47 Å². The Labute approximate surface area is 128 Å². The van der Waals surface area contributed by atoms with Gasteiger partial charge in [0.2, 0.25) is 0 Å². The first-order valence-corrected chi connectivity index (χ1v) is 7.75. The highest BCUT2D eigenvalue weighted by Gasteiger charge is 2.30. The number of aryl methyl sites for hydroxylation is 2. The molecule has 1 aromatic rings. The molecule has 4 heteroatoms. The SMILES string of the molecule is CCNC(c1c(C)cc(C)cc1OC)C1CN(C)CCO1. The van der Waals surface area contributed by atoms with Crippen molar-refractivity contribution < 1.29 is 9.47 Å². The fourth-order valence-corrected chi connectivity index (χ4v) is 3.16. The molecule has 1 fully saturated rings. The molecule has 1 aliphatic rings. The van der Waals surface area contributed by atoms with Crippen molar-refractivity contribution in [3.63, 3.8) is 0 Å². The van der Waals surface area contributed by atoms with Crippen LogP contribution in [0.25, 0.3) is 0 Å². The lowest BCUT2D eigenvalue weighted by molar-refractivity contribution is -0.0394. The summed E-state index contributed by atoms with van der Waals surface area (Å²) >= 11 is 0. The number of nitrogens with zero attached hydrogens (tertiary/aromatic N) is 1. The van der Waals surface area contributed by atoms with Crippen LogP contribution < -0.4 is 10.1 Å². The molecule has 0 aliphatic carbocycles. The van der Waals surface area contributed by atoms with Crippen molar-refractivity contribution in [3.8, 4) is 5.75 Å². The van der Waals surface area contributed by atoms with Gasteiger partial charge in [-0.15, -0.1) is 0 Å². The summed E-state index contributed by atoms with van der Waals surface area (Å²) in [6.07, 6.45) is 0.152. The van der Waals surface area contributed by atoms with Crippen LogP contribution in [0.3, 0.4) is 0 Å². The summed E-state index contributed by atoms with van der Waals surface area (Å²) < 4.78 is 11.7. The van der Waals surface area contributed by atoms with E-state index in [1.54, 1.807) is 7.11 Å². The molecule has 2 unspecified atom stereocenters. The predicted octanol–water partition coefficient (Wildman–Crippen LogP) is 2.29. The van der Waals surface area contributed by atoms with E-state index in [0.717, 1.165) is 32.0 Å². The minimum Gasteiger partial charge on any atom is -0.496 e. The molecule has 0 bridgehead atoms. The molecule has 1 heterocycles. The van der Waals surface area contributed by atoms with Crippen LogP contribution in [-0.2, 0) is 4.74 Å². The molecule has 1 aliphatic heterocycles. The van der Waals surface area contributed by atoms with Crippen LogP contribution in [0.4, 0.5) is 0 Å². The van der Waals surface area contributed by atoms with Crippen molar-refractivity contribution in [3.05, 3.63) is 28.8 Å². The van der Waals surface area contributed by atoms with Crippen molar-refractivity contribution in [1.29, 1.82) is 0 Å². The molecule has 1 N–H and O–H groups in total. The van der Waals surface area contributed by atoms with E-state index in [1.807, 2.05) is 0 Å². The first-order chi connectivity index (χ1) is 10.1. The molecule has 1 aromatic carbocycles. The molecular weight excluding hydrogens is 264 g/mol. The third-order valence-corrected chi connectivity index (χ3v) is 4.12. The van der Waals surface area contributed by atoms with Crippen molar-refractivity contribution >= 4 is 0 Å². The smallest absolute Gasteiger partial charge is 0.124 e. The molecule has 118 valence electrons. The van der Waals surface area contributed by atoms with E-state index in [0.29, 0.717) is 0 Å². The van der Waals surface area contributed by atoms with Gasteiger partial charge in [-0.2, -0.15) is 0 Å². The van der Waals surface area contributed by atoms with E-state index in [1.165, 1.54) is 16.7 Å². The highest BCUT2D eigenvalue weighted by molar-refractivity contribution is 5.45. The van der Waals surface area contributed by atoms with E-state index in [2.05, 4.69) is 50.2 Å². The van der Waals surface area contributed by atoms with Gasteiger partial charge in [0.15, 0.2) is 0 Å². The summed E-state index contributed by atoms with van der Waals surface area (Å²) in [7, 11) is 3.90. The number of methoxy groups -OCH3 is 1. The Morgan fingerprint density at radius 3 is 2.81 bits per heavy atom. The Bertz CT molecular complexity index is 476. The minimum absolute atomic E-state index is 0.152. The van der Waals surface area contributed by atoms with Gasteiger partial charge in [-0.1, -0.05) is 13.0 Å². The number of hydrogen-bond acceptors (Lipinski definition) is 4. The van der Waals surface area contributed by atoms with Gasteiger partial charge in [-0.3, -0.25) is 0 Å². The fourth-order valence-electron chi connectivity index (χ4n) is 3.16. The topological polar surface area (TPSA) is 33.7 Å². The highest BCUT2D eigenvalue weighted by atomic mass is 16.5. The third-order valence-electron chi connectivity index (χ3n) is 4.12. The van der Waals surface area contributed by atoms with Crippen molar-refractivity contribution in [2.75, 3.05) is 40.4 Å². The Balaban J connectivity index is 2.37. The van der Waals surface area contributed by atoms with Gasteiger partial charge in [-0.25, -0.2) is 0 Å². The second-order valence-corrected chi connectivity index (χ2v) is 5.90. The zero-order valence-corrected chi connectivity index (χ0v) is 13.9. The average Bonchev–Trinajstić information content (AvgIpc) is 2.44. The highest BCUT2D eigenvalue weighted by Crippen LogP contribution is 2.33. The largest absolute Gasteiger partial charge is 0.496 e. The molecule has 0 radical (unpaired) electrons. The van der Waals surface area contributed by atoms with Crippen molar-refractivity contribution in [1.82, 2.24) is 10.2 Å². The summed E-state index contributed by atoms with van der Waals surface area (Å²) in [6.45, 7) is 10.0. The second-order valence-electron chi connectivity index (χ2n) is 5.90. The minimum atomic E-state index is 0.152. The lowest BCUT2D eigenvalue weighted by Gasteiger charge is -2.36. The van der Waals surface area contributed by atoms with Crippen LogP contribution >= 0.6 is 0 Å². The number of rotatable bonds is 5. The lowest BCUT2D eigenvalue weighted by atomic mass is 9.93. The summed E-state index contributed by atoms with van der Waals surface area (Å²) in [5.74, 6) is 0.954. The predicted molar refractivity (Wildman–Crippen MR) is 86.1 cm³/mol. The number of likely N-dealkylation sites (N-methyl/N-ethyl adjacent to an activating group) is 2. The molecule has 2 atom stereocenters. The Morgan fingerprint density at radius 2 is 2.19 bits per heavy atom. The van der Waals surface area contributed by atoms with Gasteiger partial charge < -0.3 is 19.7 Å². The molecule has 1 saturated heterocycles. The van der Waals surface area contributed by atoms with Crippen LogP contribution in [0.1, 0.15) is 29.7 Å². The maximum atomic E-state index is 6.04. The average molecular weight is 292 g/mol. The molecule has 0 aromatic heterocycles. The Morgan fingerprint density at radius 1 is 1.43 bits per heavy atom. The number of benzene rings is 1. The molecule has 0 spiro atoms. The van der Waals surface area contributed by atoms with E-state index < -0.39 is 0 Å². The number of hydrogen-bond donors (Lipinski definition) is 1. The zero-order chi connectivity index (χ0) is 15.4. The first kappa shape index (κ1) is 16.3. The lowest BCUT2D eigenvalue weighted by Crippen LogP contribution is -2.47.